The second-order valence-corrected chi connectivity index (χ2v) is 5.73. The van der Waals surface area contributed by atoms with E-state index in [1.54, 1.807) is 6.92 Å². The van der Waals surface area contributed by atoms with Crippen LogP contribution in [0.4, 0.5) is 0 Å². The molecule has 3 aliphatic heterocycles. The number of esters is 1. The van der Waals surface area contributed by atoms with Crippen molar-refractivity contribution < 1.29 is 14.3 Å². The summed E-state index contributed by atoms with van der Waals surface area (Å²) < 4.78 is 5.11. The first-order valence-electron chi connectivity index (χ1n) is 7.19. The largest absolute Gasteiger partial charge is 0.465 e. The maximum atomic E-state index is 12.2. The summed E-state index contributed by atoms with van der Waals surface area (Å²) in [5.74, 6) is -0.692. The summed E-state index contributed by atoms with van der Waals surface area (Å²) >= 11 is 0. The highest BCUT2D eigenvalue weighted by molar-refractivity contribution is 6.00. The average Bonchev–Trinajstić information content (AvgIpc) is 2.74. The number of nitrogens with zero attached hydrogens (tertiary/aromatic N) is 1. The molecule has 0 aromatic heterocycles. The molecule has 0 amide bonds. The van der Waals surface area contributed by atoms with Crippen LogP contribution >= 0.6 is 0 Å². The third-order valence-electron chi connectivity index (χ3n) is 4.81. The molecule has 0 aliphatic carbocycles. The van der Waals surface area contributed by atoms with E-state index in [-0.39, 0.29) is 17.8 Å². The van der Waals surface area contributed by atoms with Gasteiger partial charge in [-0.1, -0.05) is 6.42 Å². The topological polar surface area (TPSA) is 46.6 Å². The van der Waals surface area contributed by atoms with Crippen LogP contribution in [-0.4, -0.2) is 41.4 Å². The van der Waals surface area contributed by atoms with Crippen LogP contribution in [0.3, 0.4) is 0 Å². The lowest BCUT2D eigenvalue weighted by Crippen LogP contribution is -2.58. The van der Waals surface area contributed by atoms with Gasteiger partial charge in [-0.2, -0.15) is 0 Å². The molecule has 0 spiro atoms. The zero-order valence-corrected chi connectivity index (χ0v) is 10.9. The van der Waals surface area contributed by atoms with Gasteiger partial charge in [0.25, 0.3) is 0 Å². The minimum absolute atomic E-state index is 0.113. The SMILES string of the molecule is CCOC(=O)[C@@H]1C(=O)C[C@H]2CC[C@H]3CCC[C@@H]1N32. The summed E-state index contributed by atoms with van der Waals surface area (Å²) in [4.78, 5) is 26.7. The van der Waals surface area contributed by atoms with Crippen LogP contribution in [0.2, 0.25) is 0 Å². The van der Waals surface area contributed by atoms with Gasteiger partial charge in [-0.15, -0.1) is 0 Å². The molecule has 0 aromatic rings. The van der Waals surface area contributed by atoms with Crippen molar-refractivity contribution in [1.29, 1.82) is 0 Å². The quantitative estimate of drug-likeness (QED) is 0.551. The second kappa shape index (κ2) is 4.65. The number of rotatable bonds is 2. The molecule has 3 heterocycles. The summed E-state index contributed by atoms with van der Waals surface area (Å²) in [6.45, 7) is 2.16. The number of hydrogen-bond acceptors (Lipinski definition) is 4. The molecule has 0 unspecified atom stereocenters. The summed E-state index contributed by atoms with van der Waals surface area (Å²) in [5, 5.41) is 0. The van der Waals surface area contributed by atoms with Gasteiger partial charge in [0.15, 0.2) is 0 Å². The maximum Gasteiger partial charge on any atom is 0.318 e. The van der Waals surface area contributed by atoms with Gasteiger partial charge in [0.2, 0.25) is 0 Å². The lowest BCUT2D eigenvalue weighted by atomic mass is 9.80. The highest BCUT2D eigenvalue weighted by atomic mass is 16.5. The minimum atomic E-state index is -0.512. The average molecular weight is 251 g/mol. The number of carbonyl (C=O) groups excluding carboxylic acids is 2. The molecule has 0 radical (unpaired) electrons. The molecule has 4 heteroatoms. The van der Waals surface area contributed by atoms with E-state index in [0.717, 1.165) is 19.3 Å². The zero-order chi connectivity index (χ0) is 12.7. The summed E-state index contributed by atoms with van der Waals surface area (Å²) in [5.41, 5.74) is 0. The number of ketones is 1. The van der Waals surface area contributed by atoms with Crippen molar-refractivity contribution in [3.05, 3.63) is 0 Å². The lowest BCUT2D eigenvalue weighted by molar-refractivity contribution is -0.159. The molecule has 0 bridgehead atoms. The predicted molar refractivity (Wildman–Crippen MR) is 66.0 cm³/mol. The third kappa shape index (κ3) is 1.78. The molecule has 3 aliphatic rings. The van der Waals surface area contributed by atoms with E-state index < -0.39 is 5.92 Å². The smallest absolute Gasteiger partial charge is 0.318 e. The normalized spacial score (nSPS) is 39.5. The Morgan fingerprint density at radius 2 is 2.06 bits per heavy atom. The zero-order valence-electron chi connectivity index (χ0n) is 10.9. The van der Waals surface area contributed by atoms with Gasteiger partial charge < -0.3 is 4.74 Å². The van der Waals surface area contributed by atoms with E-state index >= 15 is 0 Å². The molecule has 3 rings (SSSR count). The maximum absolute atomic E-state index is 12.2. The molecular formula is C14H21NO3. The van der Waals surface area contributed by atoms with Crippen LogP contribution in [-0.2, 0) is 14.3 Å². The molecule has 3 fully saturated rings. The van der Waals surface area contributed by atoms with Crippen molar-refractivity contribution in [2.24, 2.45) is 5.92 Å². The van der Waals surface area contributed by atoms with Crippen LogP contribution in [0.25, 0.3) is 0 Å². The molecule has 18 heavy (non-hydrogen) atoms. The first-order valence-corrected chi connectivity index (χ1v) is 7.19. The number of carbonyl (C=O) groups is 2. The Hall–Kier alpha value is -0.900. The van der Waals surface area contributed by atoms with E-state index in [1.807, 2.05) is 0 Å². The summed E-state index contributed by atoms with van der Waals surface area (Å²) in [7, 11) is 0. The van der Waals surface area contributed by atoms with Gasteiger partial charge in [-0.05, 0) is 32.6 Å². The van der Waals surface area contributed by atoms with Crippen LogP contribution in [0, 0.1) is 5.92 Å². The molecule has 100 valence electrons. The van der Waals surface area contributed by atoms with Gasteiger partial charge in [0.1, 0.15) is 11.7 Å². The van der Waals surface area contributed by atoms with Crippen LogP contribution in [0.15, 0.2) is 0 Å². The van der Waals surface area contributed by atoms with E-state index in [0.29, 0.717) is 25.1 Å². The van der Waals surface area contributed by atoms with Crippen molar-refractivity contribution in [3.8, 4) is 0 Å². The lowest BCUT2D eigenvalue weighted by Gasteiger charge is -2.47. The van der Waals surface area contributed by atoms with Crippen molar-refractivity contribution in [1.82, 2.24) is 4.90 Å². The van der Waals surface area contributed by atoms with Crippen molar-refractivity contribution >= 4 is 11.8 Å². The standard InChI is InChI=1S/C14H21NO3/c1-2-18-14(17)13-11-5-3-4-9-6-7-10(15(9)11)8-12(13)16/h9-11,13H,2-8H2,1H3/t9-,10-,11+,13+/m1/s1. The first kappa shape index (κ1) is 12.2. The first-order chi connectivity index (χ1) is 8.72. The third-order valence-corrected chi connectivity index (χ3v) is 4.81. The van der Waals surface area contributed by atoms with E-state index in [9.17, 15) is 9.59 Å². The number of Topliss-reactive ketones (excluding diaryl/α,β-unsaturated/α-hetero) is 1. The highest BCUT2D eigenvalue weighted by Gasteiger charge is 2.52. The summed E-state index contributed by atoms with van der Waals surface area (Å²) in [6, 6.07) is 1.13. The van der Waals surface area contributed by atoms with Crippen molar-refractivity contribution in [2.75, 3.05) is 6.61 Å². The Balaban J connectivity index is 1.85. The molecular weight excluding hydrogens is 230 g/mol. The van der Waals surface area contributed by atoms with Gasteiger partial charge in [0, 0.05) is 24.5 Å². The van der Waals surface area contributed by atoms with E-state index in [4.69, 9.17) is 4.74 Å². The van der Waals surface area contributed by atoms with Gasteiger partial charge in [0.05, 0.1) is 6.61 Å². The van der Waals surface area contributed by atoms with Gasteiger partial charge in [-0.3, -0.25) is 14.5 Å². The Bertz CT molecular complexity index is 368. The number of ether oxygens (including phenoxy) is 1. The van der Waals surface area contributed by atoms with E-state index in [1.165, 1.54) is 12.8 Å². The fourth-order valence-electron chi connectivity index (χ4n) is 4.17. The molecule has 3 saturated heterocycles. The van der Waals surface area contributed by atoms with Gasteiger partial charge in [-0.25, -0.2) is 0 Å². The van der Waals surface area contributed by atoms with Crippen LogP contribution in [0.5, 0.6) is 0 Å². The highest BCUT2D eigenvalue weighted by Crippen LogP contribution is 2.43. The number of piperidine rings is 2. The molecule has 0 N–H and O–H groups in total. The Morgan fingerprint density at radius 3 is 2.83 bits per heavy atom. The predicted octanol–water partition coefficient (Wildman–Crippen LogP) is 1.52. The van der Waals surface area contributed by atoms with Crippen molar-refractivity contribution in [2.45, 2.75) is 63.6 Å². The molecule has 0 aromatic carbocycles. The molecule has 0 saturated carbocycles. The Morgan fingerprint density at radius 1 is 1.28 bits per heavy atom. The monoisotopic (exact) mass is 251 g/mol. The fourth-order valence-corrected chi connectivity index (χ4v) is 4.17. The van der Waals surface area contributed by atoms with Crippen LogP contribution < -0.4 is 0 Å². The van der Waals surface area contributed by atoms with Crippen molar-refractivity contribution in [3.63, 3.8) is 0 Å². The second-order valence-electron chi connectivity index (χ2n) is 5.73. The van der Waals surface area contributed by atoms with Crippen LogP contribution in [0.1, 0.15) is 45.4 Å². The molecule has 4 atom stereocenters. The Labute approximate surface area is 108 Å². The fraction of sp³-hybridized carbons (Fsp3) is 0.857. The Kier molecular flexibility index (Phi) is 3.14. The van der Waals surface area contributed by atoms with Gasteiger partial charge >= 0.3 is 5.97 Å². The van der Waals surface area contributed by atoms with E-state index in [2.05, 4.69) is 4.90 Å². The minimum Gasteiger partial charge on any atom is -0.465 e. The number of hydrogen-bond donors (Lipinski definition) is 0. The summed E-state index contributed by atoms with van der Waals surface area (Å²) in [6.07, 6.45) is 6.23. The molecule has 4 nitrogen and oxygen atoms in total.